The second-order valence-corrected chi connectivity index (χ2v) is 3.63. The molecule has 0 aromatic rings. The lowest BCUT2D eigenvalue weighted by Gasteiger charge is -2.22. The van der Waals surface area contributed by atoms with Crippen molar-refractivity contribution < 1.29 is 14.3 Å². The van der Waals surface area contributed by atoms with E-state index in [4.69, 9.17) is 0 Å². The zero-order chi connectivity index (χ0) is 15.3. The number of carbonyl (C=O) groups is 2. The van der Waals surface area contributed by atoms with Crippen molar-refractivity contribution in [2.24, 2.45) is 0 Å². The molecule has 1 heterocycles. The Morgan fingerprint density at radius 2 is 1.63 bits per heavy atom. The molecule has 0 radical (unpaired) electrons. The van der Waals surface area contributed by atoms with E-state index in [1.54, 1.807) is 4.90 Å². The average molecular weight is 274 g/mol. The van der Waals surface area contributed by atoms with Gasteiger partial charge in [0.2, 0.25) is 5.91 Å². The summed E-state index contributed by atoms with van der Waals surface area (Å²) < 4.78 is 4.47. The quantitative estimate of drug-likeness (QED) is 0.861. The Balaban J connectivity index is 0. The molecule has 1 N–H and O–H groups in total. The Labute approximate surface area is 117 Å². The molecular weight excluding hydrogens is 244 g/mol. The standard InChI is InChI=1S/C10H18N2O3.2C2H6/c1-3-8(11-10(14)15-2)9(13)12-6-4-5-7-12;2*1-2/h8H,3-7H2,1-2H3,(H,11,14);2*1-2H3. The largest absolute Gasteiger partial charge is 0.453 e. The van der Waals surface area contributed by atoms with Gasteiger partial charge in [-0.2, -0.15) is 0 Å². The zero-order valence-electron chi connectivity index (χ0n) is 13.3. The maximum atomic E-state index is 11.9. The molecule has 19 heavy (non-hydrogen) atoms. The number of nitrogens with zero attached hydrogens (tertiary/aromatic N) is 1. The van der Waals surface area contributed by atoms with Gasteiger partial charge < -0.3 is 15.0 Å². The van der Waals surface area contributed by atoms with Crippen molar-refractivity contribution in [2.75, 3.05) is 20.2 Å². The first-order valence-electron chi connectivity index (χ1n) is 7.32. The third-order valence-electron chi connectivity index (χ3n) is 2.60. The van der Waals surface area contributed by atoms with E-state index >= 15 is 0 Å². The van der Waals surface area contributed by atoms with E-state index in [1.807, 2.05) is 34.6 Å². The van der Waals surface area contributed by atoms with Gasteiger partial charge in [0.25, 0.3) is 0 Å². The van der Waals surface area contributed by atoms with Crippen LogP contribution in [0.4, 0.5) is 4.79 Å². The van der Waals surface area contributed by atoms with Crippen molar-refractivity contribution in [3.8, 4) is 0 Å². The number of alkyl carbamates (subject to hydrolysis) is 1. The molecule has 1 atom stereocenters. The fraction of sp³-hybridized carbons (Fsp3) is 0.857. The summed E-state index contributed by atoms with van der Waals surface area (Å²) in [4.78, 5) is 24.7. The Morgan fingerprint density at radius 3 is 2.00 bits per heavy atom. The molecule has 0 aromatic heterocycles. The number of ether oxygens (including phenoxy) is 1. The third kappa shape index (κ3) is 7.70. The lowest BCUT2D eigenvalue weighted by atomic mass is 10.2. The van der Waals surface area contributed by atoms with Crippen molar-refractivity contribution in [3.05, 3.63) is 0 Å². The maximum absolute atomic E-state index is 11.9. The van der Waals surface area contributed by atoms with Crippen molar-refractivity contribution in [1.82, 2.24) is 10.2 Å². The number of rotatable bonds is 3. The van der Waals surface area contributed by atoms with E-state index in [-0.39, 0.29) is 5.91 Å². The second-order valence-electron chi connectivity index (χ2n) is 3.63. The van der Waals surface area contributed by atoms with Gasteiger partial charge in [0.15, 0.2) is 0 Å². The van der Waals surface area contributed by atoms with Gasteiger partial charge in [-0.15, -0.1) is 0 Å². The molecule has 1 unspecified atom stereocenters. The molecule has 0 spiro atoms. The van der Waals surface area contributed by atoms with Crippen molar-refractivity contribution in [2.45, 2.75) is 59.9 Å². The smallest absolute Gasteiger partial charge is 0.407 e. The zero-order valence-corrected chi connectivity index (χ0v) is 13.3. The third-order valence-corrected chi connectivity index (χ3v) is 2.60. The minimum absolute atomic E-state index is 0.000370. The summed E-state index contributed by atoms with van der Waals surface area (Å²) >= 11 is 0. The van der Waals surface area contributed by atoms with Gasteiger partial charge in [-0.3, -0.25) is 4.79 Å². The Bertz CT molecular complexity index is 239. The van der Waals surface area contributed by atoms with Gasteiger partial charge in [-0.05, 0) is 19.3 Å². The van der Waals surface area contributed by atoms with E-state index in [0.29, 0.717) is 6.42 Å². The van der Waals surface area contributed by atoms with E-state index in [1.165, 1.54) is 7.11 Å². The summed E-state index contributed by atoms with van der Waals surface area (Å²) in [6.45, 7) is 11.5. The number of hydrogen-bond donors (Lipinski definition) is 1. The van der Waals surface area contributed by atoms with E-state index in [9.17, 15) is 9.59 Å². The molecule has 2 amide bonds. The molecule has 1 rings (SSSR count). The van der Waals surface area contributed by atoms with Crippen molar-refractivity contribution >= 4 is 12.0 Å². The van der Waals surface area contributed by atoms with Crippen LogP contribution in [0.15, 0.2) is 0 Å². The molecule has 1 aliphatic heterocycles. The van der Waals surface area contributed by atoms with Crippen LogP contribution in [0.1, 0.15) is 53.9 Å². The van der Waals surface area contributed by atoms with Crippen LogP contribution < -0.4 is 5.32 Å². The number of amides is 2. The molecule has 0 aromatic carbocycles. The summed E-state index contributed by atoms with van der Waals surface area (Å²) in [7, 11) is 1.29. The van der Waals surface area contributed by atoms with Crippen LogP contribution in [0, 0.1) is 0 Å². The summed E-state index contributed by atoms with van der Waals surface area (Å²) in [5.41, 5.74) is 0. The lowest BCUT2D eigenvalue weighted by Crippen LogP contribution is -2.47. The fourth-order valence-corrected chi connectivity index (χ4v) is 1.70. The van der Waals surface area contributed by atoms with Gasteiger partial charge in [-0.1, -0.05) is 34.6 Å². The van der Waals surface area contributed by atoms with Crippen molar-refractivity contribution in [3.63, 3.8) is 0 Å². The minimum atomic E-state index is -0.547. The van der Waals surface area contributed by atoms with Crippen LogP contribution in [0.2, 0.25) is 0 Å². The lowest BCUT2D eigenvalue weighted by molar-refractivity contribution is -0.132. The number of nitrogens with one attached hydrogen (secondary N) is 1. The van der Waals surface area contributed by atoms with Crippen LogP contribution >= 0.6 is 0 Å². The summed E-state index contributed by atoms with van der Waals surface area (Å²) in [5, 5.41) is 2.54. The second kappa shape index (κ2) is 13.2. The van der Waals surface area contributed by atoms with Gasteiger partial charge in [0, 0.05) is 13.1 Å². The fourth-order valence-electron chi connectivity index (χ4n) is 1.70. The van der Waals surface area contributed by atoms with E-state index < -0.39 is 12.1 Å². The first-order valence-corrected chi connectivity index (χ1v) is 7.32. The predicted octanol–water partition coefficient (Wildman–Crippen LogP) is 2.80. The molecule has 5 nitrogen and oxygen atoms in total. The Kier molecular flexibility index (Phi) is 13.9. The SMILES string of the molecule is CC.CC.CCC(NC(=O)OC)C(=O)N1CCCC1. The van der Waals surface area contributed by atoms with Crippen LogP contribution in [0.3, 0.4) is 0 Å². The molecule has 1 aliphatic rings. The van der Waals surface area contributed by atoms with Gasteiger partial charge in [-0.25, -0.2) is 4.79 Å². The molecule has 1 saturated heterocycles. The minimum Gasteiger partial charge on any atom is -0.453 e. The topological polar surface area (TPSA) is 58.6 Å². The highest BCUT2D eigenvalue weighted by Crippen LogP contribution is 2.10. The Hall–Kier alpha value is -1.26. The number of carbonyl (C=O) groups excluding carboxylic acids is 2. The number of hydrogen-bond acceptors (Lipinski definition) is 3. The average Bonchev–Trinajstić information content (AvgIpc) is 3.02. The molecule has 0 aliphatic carbocycles. The predicted molar refractivity (Wildman–Crippen MR) is 78.1 cm³/mol. The van der Waals surface area contributed by atoms with Crippen LogP contribution in [-0.4, -0.2) is 43.1 Å². The normalized spacial score (nSPS) is 14.3. The molecular formula is C14H30N2O3. The molecule has 5 heteroatoms. The highest BCUT2D eigenvalue weighted by molar-refractivity contribution is 5.85. The highest BCUT2D eigenvalue weighted by atomic mass is 16.5. The van der Waals surface area contributed by atoms with Gasteiger partial charge in [0.1, 0.15) is 6.04 Å². The van der Waals surface area contributed by atoms with Crippen LogP contribution in [0.5, 0.6) is 0 Å². The molecule has 114 valence electrons. The van der Waals surface area contributed by atoms with Crippen LogP contribution in [-0.2, 0) is 9.53 Å². The molecule has 0 saturated carbocycles. The summed E-state index contributed by atoms with van der Waals surface area (Å²) in [6.07, 6.45) is 2.15. The van der Waals surface area contributed by atoms with Gasteiger partial charge in [0.05, 0.1) is 7.11 Å². The summed E-state index contributed by atoms with van der Waals surface area (Å²) in [5.74, 6) is 0.000370. The highest BCUT2D eigenvalue weighted by Gasteiger charge is 2.26. The molecule has 0 bridgehead atoms. The maximum Gasteiger partial charge on any atom is 0.407 e. The molecule has 1 fully saturated rings. The summed E-state index contributed by atoms with van der Waals surface area (Å²) in [6, 6.07) is -0.449. The first kappa shape index (κ1) is 20.1. The Morgan fingerprint density at radius 1 is 1.16 bits per heavy atom. The van der Waals surface area contributed by atoms with E-state index in [0.717, 1.165) is 25.9 Å². The monoisotopic (exact) mass is 274 g/mol. The van der Waals surface area contributed by atoms with Gasteiger partial charge >= 0.3 is 6.09 Å². The van der Waals surface area contributed by atoms with Crippen LogP contribution in [0.25, 0.3) is 0 Å². The number of methoxy groups -OCH3 is 1. The van der Waals surface area contributed by atoms with Crippen molar-refractivity contribution in [1.29, 1.82) is 0 Å². The first-order chi connectivity index (χ1) is 9.19. The number of likely N-dealkylation sites (tertiary alicyclic amines) is 1. The van der Waals surface area contributed by atoms with E-state index in [2.05, 4.69) is 10.1 Å².